The first-order valence-electron chi connectivity index (χ1n) is 5.51. The fraction of sp³-hybridized carbons (Fsp3) is 0.0714. The van der Waals surface area contributed by atoms with Crippen LogP contribution in [-0.4, -0.2) is 13.0 Å². The maximum atomic E-state index is 12.0. The van der Waals surface area contributed by atoms with Gasteiger partial charge in [-0.05, 0) is 30.3 Å². The predicted octanol–water partition coefficient (Wildman–Crippen LogP) is 4.25. The van der Waals surface area contributed by atoms with Gasteiger partial charge in [-0.2, -0.15) is 0 Å². The monoisotopic (exact) mass is 295 g/mol. The van der Waals surface area contributed by atoms with Crippen LogP contribution in [0.3, 0.4) is 0 Å². The van der Waals surface area contributed by atoms with Crippen LogP contribution in [0.2, 0.25) is 10.0 Å². The number of ether oxygens (including phenoxy) is 1. The lowest BCUT2D eigenvalue weighted by Crippen LogP contribution is -2.12. The zero-order chi connectivity index (χ0) is 13.8. The van der Waals surface area contributed by atoms with Crippen molar-refractivity contribution in [2.45, 2.75) is 0 Å². The number of anilines is 1. The van der Waals surface area contributed by atoms with Crippen molar-refractivity contribution in [1.82, 2.24) is 0 Å². The van der Waals surface area contributed by atoms with Crippen LogP contribution in [0.25, 0.3) is 0 Å². The topological polar surface area (TPSA) is 38.3 Å². The Bertz CT molecular complexity index is 614. The lowest BCUT2D eigenvalue weighted by Gasteiger charge is -2.08. The quantitative estimate of drug-likeness (QED) is 0.919. The molecule has 2 rings (SSSR count). The van der Waals surface area contributed by atoms with Crippen molar-refractivity contribution in [1.29, 1.82) is 0 Å². The smallest absolute Gasteiger partial charge is 0.257 e. The first-order valence-corrected chi connectivity index (χ1v) is 6.27. The van der Waals surface area contributed by atoms with E-state index in [4.69, 9.17) is 27.9 Å². The normalized spacial score (nSPS) is 10.1. The fourth-order valence-electron chi connectivity index (χ4n) is 1.59. The predicted molar refractivity (Wildman–Crippen MR) is 77.4 cm³/mol. The van der Waals surface area contributed by atoms with Crippen LogP contribution in [0.4, 0.5) is 5.69 Å². The van der Waals surface area contributed by atoms with E-state index in [1.807, 2.05) is 0 Å². The summed E-state index contributed by atoms with van der Waals surface area (Å²) in [5, 5.41) is 3.56. The Morgan fingerprint density at radius 2 is 1.84 bits per heavy atom. The molecule has 5 heteroatoms. The number of methoxy groups -OCH3 is 1. The molecule has 0 aliphatic heterocycles. The van der Waals surface area contributed by atoms with Crippen LogP contribution in [0, 0.1) is 0 Å². The maximum absolute atomic E-state index is 12.0. The minimum Gasteiger partial charge on any atom is -0.495 e. The molecule has 0 spiro atoms. The lowest BCUT2D eigenvalue weighted by atomic mass is 10.2. The number of rotatable bonds is 3. The molecule has 2 aromatic carbocycles. The van der Waals surface area contributed by atoms with Gasteiger partial charge in [0.25, 0.3) is 5.91 Å². The van der Waals surface area contributed by atoms with E-state index in [2.05, 4.69) is 5.32 Å². The van der Waals surface area contributed by atoms with Crippen LogP contribution in [0.1, 0.15) is 10.4 Å². The summed E-state index contributed by atoms with van der Waals surface area (Å²) >= 11 is 11.9. The molecule has 0 radical (unpaired) electrons. The molecule has 98 valence electrons. The number of benzene rings is 2. The second kappa shape index (κ2) is 5.95. The van der Waals surface area contributed by atoms with E-state index in [0.717, 1.165) is 0 Å². The van der Waals surface area contributed by atoms with E-state index >= 15 is 0 Å². The Morgan fingerprint density at radius 3 is 2.47 bits per heavy atom. The molecule has 0 fully saturated rings. The van der Waals surface area contributed by atoms with Gasteiger partial charge in [0.2, 0.25) is 0 Å². The molecular formula is C14H11Cl2NO2. The Labute approximate surface area is 121 Å². The van der Waals surface area contributed by atoms with Gasteiger partial charge in [-0.15, -0.1) is 0 Å². The number of hydrogen-bond donors (Lipinski definition) is 1. The average molecular weight is 296 g/mol. The molecule has 0 aromatic heterocycles. The van der Waals surface area contributed by atoms with Crippen molar-refractivity contribution in [2.24, 2.45) is 0 Å². The molecule has 0 bridgehead atoms. The van der Waals surface area contributed by atoms with Gasteiger partial charge in [-0.25, -0.2) is 0 Å². The summed E-state index contributed by atoms with van der Waals surface area (Å²) in [6, 6.07) is 11.9. The molecule has 0 heterocycles. The van der Waals surface area contributed by atoms with E-state index in [0.29, 0.717) is 27.0 Å². The molecular weight excluding hydrogens is 285 g/mol. The van der Waals surface area contributed by atoms with Gasteiger partial charge in [0.05, 0.1) is 22.7 Å². The van der Waals surface area contributed by atoms with Gasteiger partial charge in [-0.1, -0.05) is 35.3 Å². The highest BCUT2D eigenvalue weighted by molar-refractivity contribution is 6.34. The van der Waals surface area contributed by atoms with Crippen LogP contribution in [-0.2, 0) is 0 Å². The summed E-state index contributed by atoms with van der Waals surface area (Å²) in [4.78, 5) is 12.0. The second-order valence-corrected chi connectivity index (χ2v) is 4.60. The molecule has 2 aromatic rings. The highest BCUT2D eigenvalue weighted by Crippen LogP contribution is 2.27. The van der Waals surface area contributed by atoms with Crippen molar-refractivity contribution in [3.63, 3.8) is 0 Å². The van der Waals surface area contributed by atoms with Crippen molar-refractivity contribution >= 4 is 34.8 Å². The Morgan fingerprint density at radius 1 is 1.11 bits per heavy atom. The number of amides is 1. The molecule has 0 unspecified atom stereocenters. The number of halogens is 2. The Hall–Kier alpha value is -1.71. The highest BCUT2D eigenvalue weighted by atomic mass is 35.5. The van der Waals surface area contributed by atoms with E-state index < -0.39 is 0 Å². The zero-order valence-corrected chi connectivity index (χ0v) is 11.6. The highest BCUT2D eigenvalue weighted by Gasteiger charge is 2.10. The zero-order valence-electron chi connectivity index (χ0n) is 10.1. The molecule has 0 aliphatic rings. The first-order chi connectivity index (χ1) is 9.11. The van der Waals surface area contributed by atoms with Gasteiger partial charge >= 0.3 is 0 Å². The number of carbonyl (C=O) groups is 1. The third-order valence-corrected chi connectivity index (χ3v) is 3.15. The molecule has 0 saturated heterocycles. The SMILES string of the molecule is COc1ccc(NC(=O)c2ccccc2Cl)cc1Cl. The summed E-state index contributed by atoms with van der Waals surface area (Å²) < 4.78 is 5.04. The maximum Gasteiger partial charge on any atom is 0.257 e. The third-order valence-electron chi connectivity index (χ3n) is 2.53. The lowest BCUT2D eigenvalue weighted by molar-refractivity contribution is 0.102. The molecule has 0 atom stereocenters. The molecule has 3 nitrogen and oxygen atoms in total. The molecule has 0 aliphatic carbocycles. The standard InChI is InChI=1S/C14H11Cl2NO2/c1-19-13-7-6-9(8-12(13)16)17-14(18)10-4-2-3-5-11(10)15/h2-8H,1H3,(H,17,18). The molecule has 19 heavy (non-hydrogen) atoms. The van der Waals surface area contributed by atoms with Crippen LogP contribution in [0.5, 0.6) is 5.75 Å². The van der Waals surface area contributed by atoms with Crippen molar-refractivity contribution < 1.29 is 9.53 Å². The minimum absolute atomic E-state index is 0.285. The van der Waals surface area contributed by atoms with E-state index in [-0.39, 0.29) is 5.91 Å². The summed E-state index contributed by atoms with van der Waals surface area (Å²) in [7, 11) is 1.53. The second-order valence-electron chi connectivity index (χ2n) is 3.78. The average Bonchev–Trinajstić information content (AvgIpc) is 2.39. The number of hydrogen-bond acceptors (Lipinski definition) is 2. The number of carbonyl (C=O) groups excluding carboxylic acids is 1. The van der Waals surface area contributed by atoms with Crippen LogP contribution in [0.15, 0.2) is 42.5 Å². The van der Waals surface area contributed by atoms with Crippen molar-refractivity contribution in [2.75, 3.05) is 12.4 Å². The summed E-state index contributed by atoms with van der Waals surface area (Å²) in [6.07, 6.45) is 0. The van der Waals surface area contributed by atoms with E-state index in [9.17, 15) is 4.79 Å². The summed E-state index contributed by atoms with van der Waals surface area (Å²) in [6.45, 7) is 0. The van der Waals surface area contributed by atoms with E-state index in [1.54, 1.807) is 42.5 Å². The molecule has 0 saturated carbocycles. The Kier molecular flexibility index (Phi) is 4.30. The number of nitrogens with one attached hydrogen (secondary N) is 1. The first kappa shape index (κ1) is 13.7. The summed E-state index contributed by atoms with van der Waals surface area (Å²) in [5.41, 5.74) is 0.992. The van der Waals surface area contributed by atoms with Crippen LogP contribution < -0.4 is 10.1 Å². The minimum atomic E-state index is -0.285. The van der Waals surface area contributed by atoms with Gasteiger partial charge in [0.1, 0.15) is 5.75 Å². The van der Waals surface area contributed by atoms with E-state index in [1.165, 1.54) is 7.11 Å². The van der Waals surface area contributed by atoms with Crippen molar-refractivity contribution in [3.05, 3.63) is 58.1 Å². The van der Waals surface area contributed by atoms with Gasteiger partial charge in [-0.3, -0.25) is 4.79 Å². The van der Waals surface area contributed by atoms with Gasteiger partial charge < -0.3 is 10.1 Å². The fourth-order valence-corrected chi connectivity index (χ4v) is 2.07. The third kappa shape index (κ3) is 3.19. The molecule has 1 amide bonds. The summed E-state index contributed by atoms with van der Waals surface area (Å²) in [5.74, 6) is 0.268. The van der Waals surface area contributed by atoms with Gasteiger partial charge in [0, 0.05) is 5.69 Å². The molecule has 1 N–H and O–H groups in total. The van der Waals surface area contributed by atoms with Gasteiger partial charge in [0.15, 0.2) is 0 Å². The largest absolute Gasteiger partial charge is 0.495 e. The van der Waals surface area contributed by atoms with Crippen LogP contribution >= 0.6 is 23.2 Å². The Balaban J connectivity index is 2.20. The van der Waals surface area contributed by atoms with Crippen molar-refractivity contribution in [3.8, 4) is 5.75 Å².